The van der Waals surface area contributed by atoms with Crippen LogP contribution in [0.15, 0.2) is 55.0 Å². The van der Waals surface area contributed by atoms with E-state index in [9.17, 15) is 4.79 Å². The first-order chi connectivity index (χ1) is 14.0. The number of carbonyl (C=O) groups excluding carboxylic acids is 1. The minimum Gasteiger partial charge on any atom is -0.320 e. The van der Waals surface area contributed by atoms with E-state index in [1.807, 2.05) is 57.7 Å². The second-order valence-corrected chi connectivity index (χ2v) is 7.29. The molecule has 0 bridgehead atoms. The first-order valence-electron chi connectivity index (χ1n) is 9.31. The Hall–Kier alpha value is -3.58. The Bertz CT molecular complexity index is 1180. The predicted octanol–water partition coefficient (Wildman–Crippen LogP) is 3.64. The van der Waals surface area contributed by atoms with Gasteiger partial charge < -0.3 is 10.2 Å². The van der Waals surface area contributed by atoms with Crippen LogP contribution in [-0.4, -0.2) is 45.1 Å². The summed E-state index contributed by atoms with van der Waals surface area (Å²) in [5.41, 5.74) is 5.81. The number of nitrogens with zero attached hydrogens (tertiary/aromatic N) is 4. The molecule has 29 heavy (non-hydrogen) atoms. The number of pyridine rings is 2. The van der Waals surface area contributed by atoms with Gasteiger partial charge in [0.15, 0.2) is 5.69 Å². The number of nitrogens with one attached hydrogen (secondary N) is 2. The van der Waals surface area contributed by atoms with Gasteiger partial charge in [-0.15, -0.1) is 0 Å². The molecule has 1 amide bonds. The monoisotopic (exact) mass is 386 g/mol. The number of hydrogen-bond acceptors (Lipinski definition) is 5. The number of H-pyrrole nitrogens is 1. The van der Waals surface area contributed by atoms with Crippen LogP contribution < -0.4 is 5.32 Å². The lowest BCUT2D eigenvalue weighted by Crippen LogP contribution is -2.13. The molecule has 3 aromatic heterocycles. The zero-order valence-corrected chi connectivity index (χ0v) is 16.6. The number of hydrogen-bond donors (Lipinski definition) is 2. The molecular formula is C22H22N6O. The summed E-state index contributed by atoms with van der Waals surface area (Å²) in [5, 5.41) is 10.8. The number of aromatic amines is 1. The normalized spacial score (nSPS) is 11.2. The lowest BCUT2D eigenvalue weighted by atomic mass is 10.0. The summed E-state index contributed by atoms with van der Waals surface area (Å²) in [6.07, 6.45) is 5.37. The van der Waals surface area contributed by atoms with E-state index in [4.69, 9.17) is 0 Å². The van der Waals surface area contributed by atoms with Crippen LogP contribution >= 0.6 is 0 Å². The van der Waals surface area contributed by atoms with Gasteiger partial charge in [0, 0.05) is 47.5 Å². The maximum atomic E-state index is 12.8. The lowest BCUT2D eigenvalue weighted by molar-refractivity contribution is 0.102. The largest absolute Gasteiger partial charge is 0.320 e. The number of aryl methyl sites for hydroxylation is 1. The molecule has 0 saturated heterocycles. The van der Waals surface area contributed by atoms with Crippen molar-refractivity contribution in [2.75, 3.05) is 19.4 Å². The van der Waals surface area contributed by atoms with Crippen molar-refractivity contribution in [3.63, 3.8) is 0 Å². The maximum Gasteiger partial charge on any atom is 0.276 e. The third kappa shape index (κ3) is 4.14. The smallest absolute Gasteiger partial charge is 0.276 e. The molecule has 2 N–H and O–H groups in total. The van der Waals surface area contributed by atoms with Gasteiger partial charge >= 0.3 is 0 Å². The molecule has 7 heteroatoms. The highest BCUT2D eigenvalue weighted by Gasteiger charge is 2.15. The van der Waals surface area contributed by atoms with Crippen LogP contribution in [-0.2, 0) is 6.54 Å². The summed E-state index contributed by atoms with van der Waals surface area (Å²) in [5.74, 6) is -0.265. The Morgan fingerprint density at radius 3 is 2.76 bits per heavy atom. The van der Waals surface area contributed by atoms with Crippen molar-refractivity contribution in [1.82, 2.24) is 25.1 Å². The number of rotatable bonds is 5. The molecule has 4 aromatic rings. The van der Waals surface area contributed by atoms with Crippen LogP contribution in [0.4, 0.5) is 5.69 Å². The lowest BCUT2D eigenvalue weighted by Gasteiger charge is -2.10. The molecule has 0 radical (unpaired) electrons. The minimum atomic E-state index is -0.265. The molecule has 0 spiro atoms. The van der Waals surface area contributed by atoms with Gasteiger partial charge in [-0.2, -0.15) is 5.10 Å². The first-order valence-corrected chi connectivity index (χ1v) is 9.31. The molecule has 0 unspecified atom stereocenters. The molecule has 7 nitrogen and oxygen atoms in total. The molecule has 4 rings (SSSR count). The van der Waals surface area contributed by atoms with E-state index in [0.717, 1.165) is 39.8 Å². The van der Waals surface area contributed by atoms with Crippen molar-refractivity contribution in [1.29, 1.82) is 0 Å². The zero-order chi connectivity index (χ0) is 20.4. The molecule has 146 valence electrons. The Morgan fingerprint density at radius 1 is 1.10 bits per heavy atom. The quantitative estimate of drug-likeness (QED) is 0.547. The van der Waals surface area contributed by atoms with E-state index in [0.29, 0.717) is 11.4 Å². The van der Waals surface area contributed by atoms with Crippen molar-refractivity contribution < 1.29 is 4.79 Å². The molecule has 0 fully saturated rings. The Balaban J connectivity index is 1.67. The van der Waals surface area contributed by atoms with E-state index in [1.54, 1.807) is 12.3 Å². The maximum absolute atomic E-state index is 12.8. The Morgan fingerprint density at radius 2 is 1.97 bits per heavy atom. The summed E-state index contributed by atoms with van der Waals surface area (Å²) in [7, 11) is 4.05. The highest BCUT2D eigenvalue weighted by atomic mass is 16.1. The summed E-state index contributed by atoms with van der Waals surface area (Å²) >= 11 is 0. The number of aromatic nitrogens is 4. The number of carbonyl (C=O) groups is 1. The fourth-order valence-electron chi connectivity index (χ4n) is 3.28. The SMILES string of the molecule is Cc1cc(NC(=O)c2n[nH]c3ccc(-c4cncc(CN(C)C)c4)cc23)ccn1. The topological polar surface area (TPSA) is 86.8 Å². The van der Waals surface area contributed by atoms with Crippen molar-refractivity contribution in [2.24, 2.45) is 0 Å². The number of anilines is 1. The predicted molar refractivity (Wildman–Crippen MR) is 114 cm³/mol. The molecular weight excluding hydrogens is 364 g/mol. The third-order valence-electron chi connectivity index (χ3n) is 4.56. The van der Waals surface area contributed by atoms with Crippen LogP contribution in [0.2, 0.25) is 0 Å². The molecule has 3 heterocycles. The summed E-state index contributed by atoms with van der Waals surface area (Å²) in [4.78, 5) is 23.4. The van der Waals surface area contributed by atoms with Gasteiger partial charge in [-0.3, -0.25) is 19.9 Å². The molecule has 1 aromatic carbocycles. The molecule has 0 aliphatic carbocycles. The molecule has 0 saturated carbocycles. The van der Waals surface area contributed by atoms with Gasteiger partial charge in [0.05, 0.1) is 5.52 Å². The number of benzene rings is 1. The molecule has 0 atom stereocenters. The highest BCUT2D eigenvalue weighted by Crippen LogP contribution is 2.26. The van der Waals surface area contributed by atoms with Gasteiger partial charge in [-0.25, -0.2) is 0 Å². The zero-order valence-electron chi connectivity index (χ0n) is 16.6. The fourth-order valence-corrected chi connectivity index (χ4v) is 3.28. The number of amides is 1. The van der Waals surface area contributed by atoms with Crippen LogP contribution in [0.25, 0.3) is 22.0 Å². The number of fused-ring (bicyclic) bond motifs is 1. The van der Waals surface area contributed by atoms with E-state index >= 15 is 0 Å². The summed E-state index contributed by atoms with van der Waals surface area (Å²) < 4.78 is 0. The van der Waals surface area contributed by atoms with Gasteiger partial charge in [0.2, 0.25) is 0 Å². The minimum absolute atomic E-state index is 0.265. The van der Waals surface area contributed by atoms with Gasteiger partial charge in [-0.05, 0) is 62.5 Å². The van der Waals surface area contributed by atoms with E-state index in [1.165, 1.54) is 0 Å². The molecule has 0 aliphatic rings. The third-order valence-corrected chi connectivity index (χ3v) is 4.56. The van der Waals surface area contributed by atoms with Gasteiger partial charge in [0.1, 0.15) is 0 Å². The second-order valence-electron chi connectivity index (χ2n) is 7.29. The van der Waals surface area contributed by atoms with Crippen molar-refractivity contribution in [2.45, 2.75) is 13.5 Å². The van der Waals surface area contributed by atoms with E-state index < -0.39 is 0 Å². The van der Waals surface area contributed by atoms with Gasteiger partial charge in [-0.1, -0.05) is 6.07 Å². The average molecular weight is 386 g/mol. The van der Waals surface area contributed by atoms with Crippen molar-refractivity contribution in [3.8, 4) is 11.1 Å². The van der Waals surface area contributed by atoms with Crippen LogP contribution in [0.5, 0.6) is 0 Å². The highest BCUT2D eigenvalue weighted by molar-refractivity contribution is 6.11. The first kappa shape index (κ1) is 18.8. The average Bonchev–Trinajstić information content (AvgIpc) is 3.11. The fraction of sp³-hybridized carbons (Fsp3) is 0.182. The van der Waals surface area contributed by atoms with E-state index in [2.05, 4.69) is 36.4 Å². The summed E-state index contributed by atoms with van der Waals surface area (Å²) in [6, 6.07) is 11.6. The van der Waals surface area contributed by atoms with Crippen LogP contribution in [0, 0.1) is 6.92 Å². The molecule has 0 aliphatic heterocycles. The van der Waals surface area contributed by atoms with Crippen molar-refractivity contribution in [3.05, 3.63) is 71.9 Å². The Labute approximate surface area is 168 Å². The van der Waals surface area contributed by atoms with Crippen LogP contribution in [0.3, 0.4) is 0 Å². The standard InChI is InChI=1S/C22H22N6O/c1-14-8-18(6-7-24-14)25-22(29)21-19-10-16(4-5-20(19)26-27-21)17-9-15(11-23-12-17)13-28(2)3/h4-12H,13H2,1-3H3,(H,26,27)(H,24,25,29). The van der Waals surface area contributed by atoms with Gasteiger partial charge in [0.25, 0.3) is 5.91 Å². The van der Waals surface area contributed by atoms with Crippen LogP contribution in [0.1, 0.15) is 21.7 Å². The van der Waals surface area contributed by atoms with E-state index in [-0.39, 0.29) is 5.91 Å². The Kier molecular flexibility index (Phi) is 5.05. The summed E-state index contributed by atoms with van der Waals surface area (Å²) in [6.45, 7) is 2.69. The van der Waals surface area contributed by atoms with Crippen molar-refractivity contribution >= 4 is 22.5 Å². The second kappa shape index (κ2) is 7.81.